The molecule has 4 aromatic carbocycles. The van der Waals surface area contributed by atoms with Crippen molar-refractivity contribution in [2.45, 2.75) is 17.2 Å². The Balaban J connectivity index is 1.54. The van der Waals surface area contributed by atoms with Crippen molar-refractivity contribution in [1.29, 1.82) is 0 Å². The Morgan fingerprint density at radius 3 is 0.913 bits per heavy atom. The monoisotopic (exact) mass is 602 g/mol. The van der Waals surface area contributed by atoms with Gasteiger partial charge in [0.1, 0.15) is 29.4 Å². The molecule has 0 aliphatic carbocycles. The molecule has 4 aliphatic rings. The number of benzene rings is 4. The van der Waals surface area contributed by atoms with E-state index in [9.17, 15) is 5.11 Å². The predicted octanol–water partition coefficient (Wildman–Crippen LogP) is -0.952. The maximum absolute atomic E-state index is 13.3. The van der Waals surface area contributed by atoms with Crippen LogP contribution in [0.15, 0.2) is 162 Å². The third-order valence-corrected chi connectivity index (χ3v) is 8.67. The van der Waals surface area contributed by atoms with Crippen molar-refractivity contribution < 1.29 is 5.11 Å². The number of rotatable bonds is 6. The fourth-order valence-electron chi connectivity index (χ4n) is 6.70. The van der Waals surface area contributed by atoms with Gasteiger partial charge in [0.05, 0.1) is 53.9 Å². The lowest BCUT2D eigenvalue weighted by molar-refractivity contribution is 0.0423. The van der Waals surface area contributed by atoms with E-state index >= 15 is 0 Å². The van der Waals surface area contributed by atoms with E-state index in [0.29, 0.717) is 88.4 Å². The molecule has 11 nitrogen and oxygen atoms in total. The zero-order chi connectivity index (χ0) is 32.0. The van der Waals surface area contributed by atoms with Crippen LogP contribution in [0.5, 0.6) is 0 Å². The average Bonchev–Trinajstić information content (AvgIpc) is 3.81. The molecule has 0 radical (unpaired) electrons. The molecule has 0 amide bonds. The number of nitrogens with zero attached hydrogens (tertiary/aromatic N) is 8. The van der Waals surface area contributed by atoms with E-state index in [1.54, 1.807) is 48.5 Å². The van der Waals surface area contributed by atoms with Gasteiger partial charge in [-0.15, -0.1) is 0 Å². The van der Waals surface area contributed by atoms with Crippen molar-refractivity contribution >= 4 is 0 Å². The standard InChI is InChI=1S/C35H26N10O/c1-17-38-25-13-5-9-21(29(25)42-17)34(36,22-10-6-14-26-30(22)43-18(2)39-26)33(46)35(37,23-11-7-15-27-31(23)44-19(3)40-27)24-12-8-16-28-32(24)45-20(4)41-28/h5-16,33,46H,1-4,36-37H2. The number of hydrogen-bond donors (Lipinski definition) is 3. The molecule has 4 aliphatic heterocycles. The summed E-state index contributed by atoms with van der Waals surface area (Å²) in [4.78, 5) is 36.5. The van der Waals surface area contributed by atoms with Gasteiger partial charge in [-0.2, -0.15) is 0 Å². The van der Waals surface area contributed by atoms with Crippen LogP contribution in [-0.4, -0.2) is 11.2 Å². The molecule has 222 valence electrons. The van der Waals surface area contributed by atoms with Gasteiger partial charge in [0.15, 0.2) is 0 Å². The van der Waals surface area contributed by atoms with Crippen LogP contribution in [0.25, 0.3) is 0 Å². The fourth-order valence-corrected chi connectivity index (χ4v) is 6.70. The smallest absolute Gasteiger partial charge is 0.146 e. The molecule has 0 fully saturated rings. The molecular formula is C35H26N10O. The van der Waals surface area contributed by atoms with Crippen LogP contribution in [0.4, 0.5) is 0 Å². The van der Waals surface area contributed by atoms with Crippen LogP contribution in [-0.2, 0) is 11.1 Å². The van der Waals surface area contributed by atoms with Gasteiger partial charge in [-0.25, -0.2) is 39.9 Å². The highest BCUT2D eigenvalue weighted by Gasteiger charge is 2.53. The van der Waals surface area contributed by atoms with Crippen molar-refractivity contribution in [3.8, 4) is 0 Å². The lowest BCUT2D eigenvalue weighted by Crippen LogP contribution is -2.68. The van der Waals surface area contributed by atoms with Gasteiger partial charge in [0.2, 0.25) is 0 Å². The molecule has 0 bridgehead atoms. The zero-order valence-electron chi connectivity index (χ0n) is 24.5. The van der Waals surface area contributed by atoms with Gasteiger partial charge in [-0.05, 0) is 24.3 Å². The van der Waals surface area contributed by atoms with Crippen LogP contribution >= 0.6 is 0 Å². The number of hydrogen-bond acceptors (Lipinski definition) is 11. The molecule has 0 saturated heterocycles. The second kappa shape index (κ2) is 9.56. The van der Waals surface area contributed by atoms with Crippen LogP contribution in [0.2, 0.25) is 0 Å². The van der Waals surface area contributed by atoms with Gasteiger partial charge in [-0.1, -0.05) is 74.8 Å². The second-order valence-electron chi connectivity index (χ2n) is 11.4. The van der Waals surface area contributed by atoms with Crippen molar-refractivity contribution in [3.63, 3.8) is 0 Å². The molecule has 0 saturated carbocycles. The third-order valence-electron chi connectivity index (χ3n) is 8.67. The molecule has 0 aromatic heterocycles. The van der Waals surface area contributed by atoms with Gasteiger partial charge >= 0.3 is 0 Å². The largest absolute Gasteiger partial charge is 0.388 e. The minimum atomic E-state index is -1.80. The molecule has 0 unspecified atom stereocenters. The summed E-state index contributed by atoms with van der Waals surface area (Å²) >= 11 is 0. The van der Waals surface area contributed by atoms with E-state index in [1.165, 1.54) is 0 Å². The topological polar surface area (TPSA) is 171 Å². The summed E-state index contributed by atoms with van der Waals surface area (Å²) in [6.45, 7) is 15.8. The Morgan fingerprint density at radius 2 is 0.674 bits per heavy atom. The Morgan fingerprint density at radius 1 is 0.435 bits per heavy atom. The Kier molecular flexibility index (Phi) is 5.75. The first-order valence-electron chi connectivity index (χ1n) is 14.4. The average molecular weight is 603 g/mol. The predicted molar refractivity (Wildman–Crippen MR) is 168 cm³/mol. The summed E-state index contributed by atoms with van der Waals surface area (Å²) in [6.07, 6.45) is -1.64. The fraction of sp³-hybridized carbons (Fsp3) is 0.0857. The number of nitrogens with two attached hydrogens (primary N) is 2. The summed E-state index contributed by atoms with van der Waals surface area (Å²) in [7, 11) is 0. The van der Waals surface area contributed by atoms with Crippen LogP contribution in [0, 0.1) is 0 Å². The first kappa shape index (κ1) is 27.7. The van der Waals surface area contributed by atoms with E-state index in [1.807, 2.05) is 24.3 Å². The molecule has 46 heavy (non-hydrogen) atoms. The number of aliphatic hydroxyl groups is 1. The van der Waals surface area contributed by atoms with Crippen LogP contribution < -0.4 is 54.3 Å². The van der Waals surface area contributed by atoms with E-state index in [-0.39, 0.29) is 0 Å². The Labute approximate surface area is 260 Å². The number of aliphatic hydroxyl groups excluding tert-OH is 1. The van der Waals surface area contributed by atoms with Crippen molar-refractivity contribution in [2.24, 2.45) is 51.4 Å². The number of fused-ring (bicyclic) bond motifs is 4. The van der Waals surface area contributed by atoms with Gasteiger partial charge in [-0.3, -0.25) is 0 Å². The first-order valence-corrected chi connectivity index (χ1v) is 14.4. The minimum Gasteiger partial charge on any atom is -0.388 e. The molecule has 8 rings (SSSR count). The minimum absolute atomic E-state index is 0.310. The van der Waals surface area contributed by atoms with E-state index in [0.717, 1.165) is 0 Å². The lowest BCUT2D eigenvalue weighted by atomic mass is 9.66. The Bertz CT molecular complexity index is 2320. The maximum atomic E-state index is 13.3. The second-order valence-corrected chi connectivity index (χ2v) is 11.4. The quantitative estimate of drug-likeness (QED) is 0.259. The molecule has 5 N–H and O–H groups in total. The van der Waals surface area contributed by atoms with Crippen molar-refractivity contribution in [3.05, 3.63) is 188 Å². The summed E-state index contributed by atoms with van der Waals surface area (Å²) in [5, 5.41) is 17.3. The molecule has 4 heterocycles. The van der Waals surface area contributed by atoms with Gasteiger partial charge in [0, 0.05) is 22.3 Å². The van der Waals surface area contributed by atoms with Gasteiger partial charge in [0.25, 0.3) is 0 Å². The highest BCUT2D eigenvalue weighted by Crippen LogP contribution is 2.38. The number of para-hydroxylation sites is 4. The highest BCUT2D eigenvalue weighted by atomic mass is 16.3. The lowest BCUT2D eigenvalue weighted by Gasteiger charge is -2.45. The first-order chi connectivity index (χ1) is 22.1. The normalized spacial score (nSPS) is 15.7. The summed E-state index contributed by atoms with van der Waals surface area (Å²) in [5.74, 6) is 1.24. The molecule has 4 aromatic rings. The molecule has 0 atom stereocenters. The third kappa shape index (κ3) is 3.76. The van der Waals surface area contributed by atoms with Crippen LogP contribution in [0.3, 0.4) is 0 Å². The molecule has 0 spiro atoms. The summed E-state index contributed by atoms with van der Waals surface area (Å²) in [6, 6.07) is 21.7. The molecular weight excluding hydrogens is 576 g/mol. The molecule has 11 heteroatoms. The van der Waals surface area contributed by atoms with Crippen molar-refractivity contribution in [1.82, 2.24) is 0 Å². The SMILES string of the molecule is C=C1N=c2cccc(C(N)(c3cccc4c3=NC(=C)N=4)C(O)C(N)(c3cccc4c3=NC(=C)N=4)c3cccc4c3=NC(=C)N=4)c2=N1. The zero-order valence-corrected chi connectivity index (χ0v) is 24.5. The summed E-state index contributed by atoms with van der Waals surface area (Å²) < 4.78 is 0. The van der Waals surface area contributed by atoms with Crippen LogP contribution in [0.1, 0.15) is 22.3 Å². The van der Waals surface area contributed by atoms with Crippen molar-refractivity contribution in [2.75, 3.05) is 0 Å². The van der Waals surface area contributed by atoms with E-state index in [4.69, 9.17) is 11.5 Å². The maximum Gasteiger partial charge on any atom is 0.146 e. The van der Waals surface area contributed by atoms with Gasteiger partial charge < -0.3 is 16.6 Å². The van der Waals surface area contributed by atoms with E-state index in [2.05, 4.69) is 66.3 Å². The van der Waals surface area contributed by atoms with E-state index < -0.39 is 17.2 Å². The highest BCUT2D eigenvalue weighted by molar-refractivity contribution is 5.48. The summed E-state index contributed by atoms with van der Waals surface area (Å²) in [5.41, 5.74) is 13.6. The Hall–Kier alpha value is -5.88.